The van der Waals surface area contributed by atoms with Crippen LogP contribution in [-0.4, -0.2) is 15.8 Å². The molecule has 0 unspecified atom stereocenters. The average molecular weight is 230 g/mol. The minimum Gasteiger partial charge on any atom is -0.369 e. The van der Waals surface area contributed by atoms with E-state index in [0.717, 1.165) is 6.92 Å². The number of hydrogen-bond acceptors (Lipinski definition) is 3. The summed E-state index contributed by atoms with van der Waals surface area (Å²) in [6.45, 7) is 0.991. The van der Waals surface area contributed by atoms with E-state index in [9.17, 15) is 18.0 Å². The first kappa shape index (κ1) is 12.8. The smallest absolute Gasteiger partial charge is 0.369 e. The lowest BCUT2D eigenvalue weighted by Crippen LogP contribution is -2.11. The molecule has 0 amide bonds. The summed E-state index contributed by atoms with van der Waals surface area (Å²) in [5, 5.41) is 0. The third-order valence-electron chi connectivity index (χ3n) is 1.34. The summed E-state index contributed by atoms with van der Waals surface area (Å²) in [6, 6.07) is 0. The molecule has 0 saturated heterocycles. The number of Topliss-reactive ketones (excluding diaryl/α,β-unsaturated/α-hetero) is 1. The number of ketones is 1. The number of aromatic nitrogens is 2. The summed E-state index contributed by atoms with van der Waals surface area (Å²) < 4.78 is 36.4. The first-order valence-electron chi connectivity index (χ1n) is 3.26. The highest BCUT2D eigenvalue weighted by atomic mass is 35.5. The number of anilines is 1. The van der Waals surface area contributed by atoms with Crippen molar-refractivity contribution in [2.24, 2.45) is 0 Å². The largest absolute Gasteiger partial charge is 0.433 e. The van der Waals surface area contributed by atoms with E-state index in [4.69, 9.17) is 5.73 Å². The van der Waals surface area contributed by atoms with E-state index in [0.29, 0.717) is 0 Å². The van der Waals surface area contributed by atoms with Crippen molar-refractivity contribution in [2.45, 2.75) is 13.1 Å². The SMILES string of the molecule is CC(=O)c1nc(N)[nH]c1C(F)(F)F.Cl. The first-order valence-corrected chi connectivity index (χ1v) is 3.26. The van der Waals surface area contributed by atoms with E-state index >= 15 is 0 Å². The van der Waals surface area contributed by atoms with Crippen LogP contribution < -0.4 is 5.73 Å². The number of nitrogens with zero attached hydrogens (tertiary/aromatic N) is 1. The number of carbonyl (C=O) groups is 1. The lowest BCUT2D eigenvalue weighted by atomic mass is 10.2. The molecule has 4 nitrogen and oxygen atoms in total. The summed E-state index contributed by atoms with van der Waals surface area (Å²) in [5.41, 5.74) is 3.12. The zero-order valence-electron chi connectivity index (χ0n) is 6.97. The van der Waals surface area contributed by atoms with Gasteiger partial charge >= 0.3 is 6.18 Å². The van der Waals surface area contributed by atoms with Crippen LogP contribution >= 0.6 is 12.4 Å². The topological polar surface area (TPSA) is 71.8 Å². The molecule has 14 heavy (non-hydrogen) atoms. The summed E-state index contributed by atoms with van der Waals surface area (Å²) in [7, 11) is 0. The number of nitrogen functional groups attached to an aromatic ring is 1. The normalized spacial score (nSPS) is 10.9. The fourth-order valence-electron chi connectivity index (χ4n) is 0.851. The lowest BCUT2D eigenvalue weighted by molar-refractivity contribution is -0.141. The molecule has 80 valence electrons. The molecule has 1 aromatic rings. The molecule has 0 aromatic carbocycles. The first-order chi connectivity index (χ1) is 5.82. The number of nitrogens with one attached hydrogen (secondary N) is 1. The summed E-state index contributed by atoms with van der Waals surface area (Å²) in [4.78, 5) is 15.7. The Hall–Kier alpha value is -1.24. The number of hydrogen-bond donors (Lipinski definition) is 2. The fraction of sp³-hybridized carbons (Fsp3) is 0.333. The van der Waals surface area contributed by atoms with Crippen LogP contribution in [-0.2, 0) is 6.18 Å². The maximum Gasteiger partial charge on any atom is 0.433 e. The second kappa shape index (κ2) is 3.87. The molecule has 3 N–H and O–H groups in total. The molecule has 0 saturated carbocycles. The van der Waals surface area contributed by atoms with Gasteiger partial charge in [-0.25, -0.2) is 4.98 Å². The summed E-state index contributed by atoms with van der Waals surface area (Å²) >= 11 is 0. The Morgan fingerprint density at radius 2 is 2.00 bits per heavy atom. The molecule has 0 radical (unpaired) electrons. The molecular weight excluding hydrogens is 223 g/mol. The minimum absolute atomic E-state index is 0. The Morgan fingerprint density at radius 3 is 2.29 bits per heavy atom. The number of imidazole rings is 1. The number of H-pyrrole nitrogens is 1. The predicted octanol–water partition coefficient (Wildman–Crippen LogP) is 1.64. The second-order valence-electron chi connectivity index (χ2n) is 2.40. The molecule has 0 fully saturated rings. The molecule has 1 rings (SSSR count). The van der Waals surface area contributed by atoms with Crippen LogP contribution in [0.5, 0.6) is 0 Å². The number of nitrogens with two attached hydrogens (primary N) is 1. The molecule has 1 heterocycles. The molecule has 0 aliphatic carbocycles. The fourth-order valence-corrected chi connectivity index (χ4v) is 0.851. The van der Waals surface area contributed by atoms with Crippen molar-refractivity contribution in [1.82, 2.24) is 9.97 Å². The van der Waals surface area contributed by atoms with Crippen LogP contribution in [0.25, 0.3) is 0 Å². The van der Waals surface area contributed by atoms with Gasteiger partial charge in [-0.05, 0) is 0 Å². The van der Waals surface area contributed by atoms with E-state index in [2.05, 4.69) is 4.98 Å². The Morgan fingerprint density at radius 1 is 1.50 bits per heavy atom. The Kier molecular flexibility index (Phi) is 3.53. The van der Waals surface area contributed by atoms with Gasteiger partial charge in [-0.3, -0.25) is 4.79 Å². The van der Waals surface area contributed by atoms with Gasteiger partial charge in [0.15, 0.2) is 17.4 Å². The van der Waals surface area contributed by atoms with Crippen LogP contribution in [0.4, 0.5) is 19.1 Å². The van der Waals surface area contributed by atoms with Crippen molar-refractivity contribution >= 4 is 24.1 Å². The van der Waals surface area contributed by atoms with Crippen LogP contribution in [0.15, 0.2) is 0 Å². The van der Waals surface area contributed by atoms with Gasteiger partial charge in [0.2, 0.25) is 0 Å². The zero-order valence-corrected chi connectivity index (χ0v) is 7.79. The van der Waals surface area contributed by atoms with Crippen LogP contribution in [0.2, 0.25) is 0 Å². The van der Waals surface area contributed by atoms with Crippen molar-refractivity contribution in [1.29, 1.82) is 0 Å². The van der Waals surface area contributed by atoms with Crippen molar-refractivity contribution in [2.75, 3.05) is 5.73 Å². The second-order valence-corrected chi connectivity index (χ2v) is 2.40. The minimum atomic E-state index is -4.63. The number of carbonyl (C=O) groups excluding carboxylic acids is 1. The third-order valence-corrected chi connectivity index (χ3v) is 1.34. The summed E-state index contributed by atoms with van der Waals surface area (Å²) in [6.07, 6.45) is -4.63. The van der Waals surface area contributed by atoms with Crippen LogP contribution in [0.3, 0.4) is 0 Å². The van der Waals surface area contributed by atoms with Gasteiger partial charge in [-0.1, -0.05) is 0 Å². The Balaban J connectivity index is 0.00000169. The van der Waals surface area contributed by atoms with E-state index in [1.165, 1.54) is 0 Å². The van der Waals surface area contributed by atoms with Crippen LogP contribution in [0, 0.1) is 0 Å². The maximum atomic E-state index is 12.1. The molecule has 8 heteroatoms. The molecule has 1 aromatic heterocycles. The van der Waals surface area contributed by atoms with E-state index in [1.54, 1.807) is 4.98 Å². The monoisotopic (exact) mass is 229 g/mol. The molecule has 0 atom stereocenters. The van der Waals surface area contributed by atoms with Crippen molar-refractivity contribution in [3.63, 3.8) is 0 Å². The van der Waals surface area contributed by atoms with Gasteiger partial charge < -0.3 is 10.7 Å². The van der Waals surface area contributed by atoms with E-state index in [1.807, 2.05) is 0 Å². The molecular formula is C6H7ClF3N3O. The molecule has 0 aliphatic rings. The highest BCUT2D eigenvalue weighted by Crippen LogP contribution is 2.30. The van der Waals surface area contributed by atoms with Gasteiger partial charge in [0.1, 0.15) is 5.69 Å². The van der Waals surface area contributed by atoms with Gasteiger partial charge in [0.05, 0.1) is 0 Å². The average Bonchev–Trinajstić information content (AvgIpc) is 2.29. The third kappa shape index (κ3) is 2.38. The van der Waals surface area contributed by atoms with Crippen molar-refractivity contribution < 1.29 is 18.0 Å². The predicted molar refractivity (Wildman–Crippen MR) is 45.3 cm³/mol. The number of halogens is 4. The number of alkyl halides is 3. The van der Waals surface area contributed by atoms with Gasteiger partial charge in [-0.15, -0.1) is 12.4 Å². The van der Waals surface area contributed by atoms with E-state index < -0.39 is 29.3 Å². The Bertz CT molecular complexity index is 347. The standard InChI is InChI=1S/C6H6F3N3O.ClH/c1-2(13)3-4(6(7,8)9)12-5(10)11-3;/h1H3,(H3,10,11,12);1H. The van der Waals surface area contributed by atoms with Crippen molar-refractivity contribution in [3.05, 3.63) is 11.4 Å². The number of rotatable bonds is 1. The zero-order chi connectivity index (χ0) is 10.2. The maximum absolute atomic E-state index is 12.1. The molecule has 0 spiro atoms. The Labute approximate surface area is 83.1 Å². The quantitative estimate of drug-likeness (QED) is 0.719. The molecule has 0 aliphatic heterocycles. The summed E-state index contributed by atoms with van der Waals surface area (Å²) in [5.74, 6) is -1.20. The van der Waals surface area contributed by atoms with Gasteiger partial charge in [-0.2, -0.15) is 13.2 Å². The van der Waals surface area contributed by atoms with E-state index in [-0.39, 0.29) is 12.4 Å². The highest BCUT2D eigenvalue weighted by molar-refractivity contribution is 5.93. The molecule has 0 bridgehead atoms. The van der Waals surface area contributed by atoms with Gasteiger partial charge in [0.25, 0.3) is 0 Å². The van der Waals surface area contributed by atoms with Gasteiger partial charge in [0, 0.05) is 6.92 Å². The van der Waals surface area contributed by atoms with Crippen LogP contribution in [0.1, 0.15) is 23.1 Å². The lowest BCUT2D eigenvalue weighted by Gasteiger charge is -2.03. The number of aromatic amines is 1. The highest BCUT2D eigenvalue weighted by Gasteiger charge is 2.37. The van der Waals surface area contributed by atoms with Crippen molar-refractivity contribution in [3.8, 4) is 0 Å².